The van der Waals surface area contributed by atoms with Gasteiger partial charge in [0.25, 0.3) is 5.91 Å². The van der Waals surface area contributed by atoms with Gasteiger partial charge in [0.15, 0.2) is 16.7 Å². The Morgan fingerprint density at radius 1 is 0.875 bits per heavy atom. The Labute approximate surface area is 248 Å². The molecule has 1 aliphatic rings. The lowest BCUT2D eigenvalue weighted by Gasteiger charge is -2.16. The van der Waals surface area contributed by atoms with E-state index in [9.17, 15) is 4.79 Å². The van der Waals surface area contributed by atoms with Crippen LogP contribution in [0.3, 0.4) is 0 Å². The minimum Gasteiger partial charge on any atom is -0.493 e. The fourth-order valence-electron chi connectivity index (χ4n) is 4.17. The zero-order valence-electron chi connectivity index (χ0n) is 21.7. The van der Waals surface area contributed by atoms with Gasteiger partial charge in [-0.15, -0.1) is 0 Å². The highest BCUT2D eigenvalue weighted by atomic mass is 35.5. The van der Waals surface area contributed by atoms with E-state index < -0.39 is 0 Å². The lowest BCUT2D eigenvalue weighted by atomic mass is 10.1. The predicted molar refractivity (Wildman–Crippen MR) is 164 cm³/mol. The van der Waals surface area contributed by atoms with E-state index >= 15 is 0 Å². The number of carbonyl (C=O) groups is 1. The number of methoxy groups -OCH3 is 1. The summed E-state index contributed by atoms with van der Waals surface area (Å²) in [6.07, 6.45) is 1.81. The Balaban J connectivity index is 1.41. The number of aliphatic imine (C=N–C) groups is 1. The third kappa shape index (κ3) is 6.89. The second-order valence-corrected chi connectivity index (χ2v) is 10.9. The highest BCUT2D eigenvalue weighted by Gasteiger charge is 2.33. The first kappa shape index (κ1) is 27.8. The summed E-state index contributed by atoms with van der Waals surface area (Å²) >= 11 is 14.1. The SMILES string of the molecule is COc1cc(/C=C2/SC(=NCc3ccccc3)N(Cc3ccccc3)C2=O)cc(Cl)c1OCc1cccc(Cl)c1. The van der Waals surface area contributed by atoms with Gasteiger partial charge in [0.1, 0.15) is 6.61 Å². The highest BCUT2D eigenvalue weighted by Crippen LogP contribution is 2.40. The Kier molecular flexibility index (Phi) is 9.12. The second-order valence-electron chi connectivity index (χ2n) is 9.02. The van der Waals surface area contributed by atoms with E-state index in [1.165, 1.54) is 11.8 Å². The summed E-state index contributed by atoms with van der Waals surface area (Å²) in [7, 11) is 1.56. The number of nitrogens with zero attached hydrogens (tertiary/aromatic N) is 2. The maximum absolute atomic E-state index is 13.6. The summed E-state index contributed by atoms with van der Waals surface area (Å²) in [6.45, 7) is 1.19. The normalized spacial score (nSPS) is 15.2. The summed E-state index contributed by atoms with van der Waals surface area (Å²) in [5.41, 5.74) is 3.73. The molecule has 4 aromatic rings. The van der Waals surface area contributed by atoms with Crippen LogP contribution in [-0.4, -0.2) is 23.1 Å². The number of rotatable bonds is 9. The van der Waals surface area contributed by atoms with Gasteiger partial charge in [-0.25, -0.2) is 0 Å². The van der Waals surface area contributed by atoms with Crippen molar-refractivity contribution in [3.8, 4) is 11.5 Å². The van der Waals surface area contributed by atoms with Crippen molar-refractivity contribution in [2.24, 2.45) is 4.99 Å². The largest absolute Gasteiger partial charge is 0.493 e. The molecule has 1 saturated heterocycles. The topological polar surface area (TPSA) is 51.1 Å². The highest BCUT2D eigenvalue weighted by molar-refractivity contribution is 8.18. The zero-order valence-corrected chi connectivity index (χ0v) is 24.0. The molecule has 0 spiro atoms. The van der Waals surface area contributed by atoms with Gasteiger partial charge >= 0.3 is 0 Å². The van der Waals surface area contributed by atoms with E-state index in [1.54, 1.807) is 24.1 Å². The molecule has 5 rings (SSSR count). The van der Waals surface area contributed by atoms with E-state index in [0.717, 1.165) is 22.3 Å². The minimum absolute atomic E-state index is 0.114. The van der Waals surface area contributed by atoms with E-state index in [0.29, 0.717) is 44.7 Å². The van der Waals surface area contributed by atoms with Crippen LogP contribution in [-0.2, 0) is 24.5 Å². The Bertz CT molecular complexity index is 1560. The molecule has 0 saturated carbocycles. The Morgan fingerprint density at radius 2 is 1.57 bits per heavy atom. The van der Waals surface area contributed by atoms with E-state index in [1.807, 2.05) is 91.0 Å². The van der Waals surface area contributed by atoms with Crippen molar-refractivity contribution in [1.82, 2.24) is 4.90 Å². The quantitative estimate of drug-likeness (QED) is 0.185. The maximum Gasteiger partial charge on any atom is 0.267 e. The van der Waals surface area contributed by atoms with E-state index in [2.05, 4.69) is 0 Å². The lowest BCUT2D eigenvalue weighted by Crippen LogP contribution is -2.28. The number of benzene rings is 4. The first-order valence-electron chi connectivity index (χ1n) is 12.6. The van der Waals surface area contributed by atoms with Gasteiger partial charge in [-0.2, -0.15) is 0 Å². The van der Waals surface area contributed by atoms with Gasteiger partial charge in [-0.05, 0) is 64.4 Å². The number of thioether (sulfide) groups is 1. The Hall–Kier alpha value is -3.71. The number of carbonyl (C=O) groups excluding carboxylic acids is 1. The number of halogens is 2. The van der Waals surface area contributed by atoms with Crippen molar-refractivity contribution < 1.29 is 14.3 Å². The molecule has 0 aliphatic carbocycles. The molecular formula is C32H26Cl2N2O3S. The molecule has 1 amide bonds. The van der Waals surface area contributed by atoms with Gasteiger partial charge in [0.2, 0.25) is 0 Å². The molecule has 4 aromatic carbocycles. The van der Waals surface area contributed by atoms with E-state index in [-0.39, 0.29) is 12.5 Å². The van der Waals surface area contributed by atoms with Crippen LogP contribution < -0.4 is 9.47 Å². The van der Waals surface area contributed by atoms with Gasteiger partial charge in [-0.1, -0.05) is 96.0 Å². The molecule has 202 valence electrons. The average molecular weight is 590 g/mol. The monoisotopic (exact) mass is 588 g/mol. The average Bonchev–Trinajstić information content (AvgIpc) is 3.25. The number of hydrogen-bond acceptors (Lipinski definition) is 5. The molecule has 1 aliphatic heterocycles. The molecule has 5 nitrogen and oxygen atoms in total. The third-order valence-electron chi connectivity index (χ3n) is 6.13. The third-order valence-corrected chi connectivity index (χ3v) is 7.69. The van der Waals surface area contributed by atoms with Crippen molar-refractivity contribution in [2.75, 3.05) is 7.11 Å². The van der Waals surface area contributed by atoms with Crippen LogP contribution in [0.2, 0.25) is 10.0 Å². The second kappa shape index (κ2) is 13.1. The van der Waals surface area contributed by atoms with Crippen LogP contribution in [0.25, 0.3) is 6.08 Å². The van der Waals surface area contributed by atoms with Crippen molar-refractivity contribution in [2.45, 2.75) is 19.7 Å². The molecule has 1 heterocycles. The smallest absolute Gasteiger partial charge is 0.267 e. The van der Waals surface area contributed by atoms with Gasteiger partial charge in [-0.3, -0.25) is 14.7 Å². The van der Waals surface area contributed by atoms with E-state index in [4.69, 9.17) is 37.7 Å². The van der Waals surface area contributed by atoms with Crippen molar-refractivity contribution in [3.63, 3.8) is 0 Å². The lowest BCUT2D eigenvalue weighted by molar-refractivity contribution is -0.122. The van der Waals surface area contributed by atoms with Crippen molar-refractivity contribution in [1.29, 1.82) is 0 Å². The van der Waals surface area contributed by atoms with Crippen LogP contribution in [0, 0.1) is 0 Å². The summed E-state index contributed by atoms with van der Waals surface area (Å²) in [6, 6.07) is 30.9. The minimum atomic E-state index is -0.114. The van der Waals surface area contributed by atoms with Gasteiger partial charge in [0, 0.05) is 5.02 Å². The first-order chi connectivity index (χ1) is 19.5. The number of amidine groups is 1. The first-order valence-corrected chi connectivity index (χ1v) is 14.2. The van der Waals surface area contributed by atoms with Crippen molar-refractivity contribution >= 4 is 52.1 Å². The molecule has 0 aromatic heterocycles. The molecule has 8 heteroatoms. The summed E-state index contributed by atoms with van der Waals surface area (Å²) in [5, 5.41) is 1.67. The van der Waals surface area contributed by atoms with Crippen LogP contribution in [0.15, 0.2) is 107 Å². The van der Waals surface area contributed by atoms with Crippen molar-refractivity contribution in [3.05, 3.63) is 134 Å². The van der Waals surface area contributed by atoms with Crippen LogP contribution in [0.4, 0.5) is 0 Å². The summed E-state index contributed by atoms with van der Waals surface area (Å²) < 4.78 is 11.6. The molecule has 40 heavy (non-hydrogen) atoms. The van der Waals surface area contributed by atoms with Crippen LogP contribution >= 0.6 is 35.0 Å². The Morgan fingerprint density at radius 3 is 2.27 bits per heavy atom. The predicted octanol–water partition coefficient (Wildman–Crippen LogP) is 8.25. The fraction of sp³-hybridized carbons (Fsp3) is 0.125. The summed E-state index contributed by atoms with van der Waals surface area (Å²) in [5.74, 6) is 0.778. The molecule has 0 bridgehead atoms. The van der Waals surface area contributed by atoms with Gasteiger partial charge < -0.3 is 9.47 Å². The van der Waals surface area contributed by atoms with Gasteiger partial charge in [0.05, 0.1) is 30.1 Å². The number of hydrogen-bond donors (Lipinski definition) is 0. The molecule has 0 N–H and O–H groups in total. The zero-order chi connectivity index (χ0) is 27.9. The molecular weight excluding hydrogens is 563 g/mol. The number of amides is 1. The molecule has 0 radical (unpaired) electrons. The standard InChI is InChI=1S/C32H26Cl2N2O3S/c1-38-28-17-25(16-27(34)30(28)39-21-24-13-8-14-26(33)15-24)18-29-31(37)36(20-23-11-6-3-7-12-23)32(40-29)35-19-22-9-4-2-5-10-22/h2-18H,19-21H2,1H3/b29-18+,35-32?. The van der Waals surface area contributed by atoms with Crippen LogP contribution in [0.1, 0.15) is 22.3 Å². The molecule has 0 atom stereocenters. The fourth-order valence-corrected chi connectivity index (χ4v) is 5.63. The molecule has 1 fully saturated rings. The molecule has 0 unspecified atom stereocenters. The maximum atomic E-state index is 13.6. The van der Waals surface area contributed by atoms with Crippen LogP contribution in [0.5, 0.6) is 11.5 Å². The number of ether oxygens (including phenoxy) is 2. The summed E-state index contributed by atoms with van der Waals surface area (Å²) in [4.78, 5) is 20.7.